The summed E-state index contributed by atoms with van der Waals surface area (Å²) in [6.45, 7) is 0. The van der Waals surface area contributed by atoms with E-state index in [1.54, 1.807) is 23.7 Å². The zero-order valence-corrected chi connectivity index (χ0v) is 9.25. The minimum atomic E-state index is -0.490. The molecular formula is C11H5N3O2S. The number of hydrogen-bond acceptors (Lipinski definition) is 5. The molecule has 3 rings (SSSR count). The Morgan fingerprint density at radius 3 is 3.18 bits per heavy atom. The lowest BCUT2D eigenvalue weighted by Crippen LogP contribution is -1.92. The van der Waals surface area contributed by atoms with Crippen molar-refractivity contribution in [1.29, 1.82) is 5.26 Å². The van der Waals surface area contributed by atoms with Crippen LogP contribution in [0.15, 0.2) is 32.9 Å². The Hall–Kier alpha value is -2.39. The molecule has 0 aliphatic rings. The smallest absolute Gasteiger partial charge is 0.408 e. The van der Waals surface area contributed by atoms with Gasteiger partial charge >= 0.3 is 5.76 Å². The first-order valence-corrected chi connectivity index (χ1v) is 5.63. The average molecular weight is 243 g/mol. The quantitative estimate of drug-likeness (QED) is 0.709. The number of hydrogen-bond donors (Lipinski definition) is 1. The van der Waals surface area contributed by atoms with E-state index >= 15 is 0 Å². The number of nitrogens with zero attached hydrogens (tertiary/aromatic N) is 2. The number of nitriles is 1. The van der Waals surface area contributed by atoms with Gasteiger partial charge in [0.15, 0.2) is 5.58 Å². The maximum absolute atomic E-state index is 11.0. The van der Waals surface area contributed by atoms with Crippen LogP contribution in [0.4, 0.5) is 0 Å². The first kappa shape index (κ1) is 9.81. The van der Waals surface area contributed by atoms with Crippen molar-refractivity contribution in [2.75, 3.05) is 0 Å². The van der Waals surface area contributed by atoms with Crippen LogP contribution in [0.2, 0.25) is 0 Å². The Bertz CT molecular complexity index is 791. The van der Waals surface area contributed by atoms with Crippen molar-refractivity contribution in [3.8, 4) is 17.3 Å². The Balaban J connectivity index is 2.25. The van der Waals surface area contributed by atoms with Crippen LogP contribution < -0.4 is 5.76 Å². The fourth-order valence-corrected chi connectivity index (χ4v) is 2.23. The lowest BCUT2D eigenvalue weighted by Gasteiger charge is -1.96. The Morgan fingerprint density at radius 2 is 2.35 bits per heavy atom. The molecule has 82 valence electrons. The van der Waals surface area contributed by atoms with Gasteiger partial charge in [0.1, 0.15) is 10.9 Å². The van der Waals surface area contributed by atoms with Crippen LogP contribution in [0.1, 0.15) is 4.88 Å². The average Bonchev–Trinajstić information content (AvgIpc) is 2.91. The van der Waals surface area contributed by atoms with E-state index in [4.69, 9.17) is 9.68 Å². The van der Waals surface area contributed by atoms with E-state index in [0.29, 0.717) is 21.7 Å². The highest BCUT2D eigenvalue weighted by molar-refractivity contribution is 7.10. The van der Waals surface area contributed by atoms with Crippen molar-refractivity contribution in [3.63, 3.8) is 0 Å². The summed E-state index contributed by atoms with van der Waals surface area (Å²) in [5, 5.41) is 8.93. The normalized spacial score (nSPS) is 10.5. The summed E-state index contributed by atoms with van der Waals surface area (Å²) in [5.74, 6) is -0.490. The molecule has 0 fully saturated rings. The van der Waals surface area contributed by atoms with Gasteiger partial charge < -0.3 is 4.42 Å². The molecule has 0 saturated carbocycles. The summed E-state index contributed by atoms with van der Waals surface area (Å²) in [6.07, 6.45) is 0. The second-order valence-corrected chi connectivity index (χ2v) is 4.22. The Labute approximate surface area is 99.0 Å². The molecule has 0 atom stereocenters. The molecule has 0 aliphatic carbocycles. The van der Waals surface area contributed by atoms with Gasteiger partial charge in [-0.05, 0) is 18.2 Å². The van der Waals surface area contributed by atoms with Crippen LogP contribution >= 0.6 is 11.3 Å². The molecule has 6 heteroatoms. The summed E-state index contributed by atoms with van der Waals surface area (Å²) in [6, 6.07) is 7.29. The number of aromatic amines is 1. The number of oxazole rings is 1. The zero-order chi connectivity index (χ0) is 11.8. The van der Waals surface area contributed by atoms with Crippen LogP contribution in [-0.2, 0) is 0 Å². The minimum absolute atomic E-state index is 0.490. The molecule has 5 nitrogen and oxygen atoms in total. The largest absolute Gasteiger partial charge is 0.417 e. The molecule has 0 spiro atoms. The summed E-state index contributed by atoms with van der Waals surface area (Å²) >= 11 is 1.29. The third kappa shape index (κ3) is 1.53. The molecule has 3 aromatic rings. The van der Waals surface area contributed by atoms with Gasteiger partial charge in [0, 0.05) is 5.56 Å². The highest BCUT2D eigenvalue weighted by Gasteiger charge is 2.10. The van der Waals surface area contributed by atoms with Crippen molar-refractivity contribution < 1.29 is 4.42 Å². The van der Waals surface area contributed by atoms with Gasteiger partial charge in [-0.2, -0.15) is 5.26 Å². The number of nitrogens with one attached hydrogen (secondary N) is 1. The van der Waals surface area contributed by atoms with Gasteiger partial charge in [-0.25, -0.2) is 9.78 Å². The molecule has 1 N–H and O–H groups in total. The number of benzene rings is 1. The number of H-pyrrole nitrogens is 1. The van der Waals surface area contributed by atoms with E-state index in [2.05, 4.69) is 16.0 Å². The summed E-state index contributed by atoms with van der Waals surface area (Å²) < 4.78 is 4.90. The standard InChI is InChI=1S/C11H5N3O2S/c12-4-9-10(13-5-17-9)6-1-2-8-7(3-6)14-11(15)16-8/h1-3,5H,(H,14,15). The fourth-order valence-electron chi connectivity index (χ4n) is 1.63. The van der Waals surface area contributed by atoms with E-state index in [-0.39, 0.29) is 0 Å². The Morgan fingerprint density at radius 1 is 1.47 bits per heavy atom. The van der Waals surface area contributed by atoms with Gasteiger partial charge in [-0.3, -0.25) is 4.98 Å². The van der Waals surface area contributed by atoms with E-state index in [0.717, 1.165) is 5.56 Å². The van der Waals surface area contributed by atoms with E-state index in [1.807, 2.05) is 0 Å². The van der Waals surface area contributed by atoms with Crippen LogP contribution in [0.5, 0.6) is 0 Å². The maximum Gasteiger partial charge on any atom is 0.417 e. The SMILES string of the molecule is N#Cc1scnc1-c1ccc2oc(=O)[nH]c2c1. The van der Waals surface area contributed by atoms with Crippen LogP contribution in [-0.4, -0.2) is 9.97 Å². The van der Waals surface area contributed by atoms with Gasteiger partial charge in [-0.15, -0.1) is 11.3 Å². The molecule has 2 heterocycles. The summed E-state index contributed by atoms with van der Waals surface area (Å²) in [5.41, 5.74) is 4.13. The molecule has 0 radical (unpaired) electrons. The third-order valence-corrected chi connectivity index (χ3v) is 3.09. The van der Waals surface area contributed by atoms with Gasteiger partial charge in [0.05, 0.1) is 16.7 Å². The second kappa shape index (κ2) is 3.57. The molecule has 17 heavy (non-hydrogen) atoms. The molecule has 0 unspecified atom stereocenters. The van der Waals surface area contributed by atoms with Crippen molar-refractivity contribution in [2.24, 2.45) is 0 Å². The lowest BCUT2D eigenvalue weighted by molar-refractivity contribution is 0.555. The van der Waals surface area contributed by atoms with Gasteiger partial charge in [0.25, 0.3) is 0 Å². The predicted molar refractivity (Wildman–Crippen MR) is 62.7 cm³/mol. The maximum atomic E-state index is 11.0. The molecular weight excluding hydrogens is 238 g/mol. The fraction of sp³-hybridized carbons (Fsp3) is 0. The first-order chi connectivity index (χ1) is 8.28. The van der Waals surface area contributed by atoms with Crippen molar-refractivity contribution in [1.82, 2.24) is 9.97 Å². The number of aromatic nitrogens is 2. The summed E-state index contributed by atoms with van der Waals surface area (Å²) in [7, 11) is 0. The Kier molecular flexibility index (Phi) is 2.06. The van der Waals surface area contributed by atoms with Crippen LogP contribution in [0, 0.1) is 11.3 Å². The van der Waals surface area contributed by atoms with E-state index in [9.17, 15) is 4.79 Å². The monoisotopic (exact) mass is 243 g/mol. The zero-order valence-electron chi connectivity index (χ0n) is 8.43. The molecule has 2 aromatic heterocycles. The lowest BCUT2D eigenvalue weighted by atomic mass is 10.1. The summed E-state index contributed by atoms with van der Waals surface area (Å²) in [4.78, 5) is 18.3. The number of fused-ring (bicyclic) bond motifs is 1. The highest BCUT2D eigenvalue weighted by Crippen LogP contribution is 2.26. The predicted octanol–water partition coefficient (Wildman–Crippen LogP) is 2.12. The van der Waals surface area contributed by atoms with Gasteiger partial charge in [-0.1, -0.05) is 0 Å². The topological polar surface area (TPSA) is 82.7 Å². The van der Waals surface area contributed by atoms with Crippen LogP contribution in [0.3, 0.4) is 0 Å². The highest BCUT2D eigenvalue weighted by atomic mass is 32.1. The molecule has 0 aliphatic heterocycles. The van der Waals surface area contributed by atoms with Gasteiger partial charge in [0.2, 0.25) is 0 Å². The first-order valence-electron chi connectivity index (χ1n) is 4.75. The van der Waals surface area contributed by atoms with Crippen molar-refractivity contribution in [3.05, 3.63) is 39.1 Å². The minimum Gasteiger partial charge on any atom is -0.408 e. The van der Waals surface area contributed by atoms with E-state index < -0.39 is 5.76 Å². The van der Waals surface area contributed by atoms with Crippen LogP contribution in [0.25, 0.3) is 22.4 Å². The number of thiazole rings is 1. The number of rotatable bonds is 1. The van der Waals surface area contributed by atoms with E-state index in [1.165, 1.54) is 11.3 Å². The van der Waals surface area contributed by atoms with Crippen molar-refractivity contribution in [2.45, 2.75) is 0 Å². The third-order valence-electron chi connectivity index (χ3n) is 2.36. The molecule has 1 aromatic carbocycles. The van der Waals surface area contributed by atoms with Crippen molar-refractivity contribution >= 4 is 22.4 Å². The molecule has 0 amide bonds. The second-order valence-electron chi connectivity index (χ2n) is 3.37. The molecule has 0 bridgehead atoms. The molecule has 0 saturated heterocycles.